The minimum atomic E-state index is -0.918. The number of hydrogen-bond acceptors (Lipinski definition) is 4. The predicted molar refractivity (Wildman–Crippen MR) is 122 cm³/mol. The molecule has 2 N–H and O–H groups in total. The van der Waals surface area contributed by atoms with Gasteiger partial charge in [-0.05, 0) is 32.1 Å². The highest BCUT2D eigenvalue weighted by atomic mass is 32.1. The van der Waals surface area contributed by atoms with Gasteiger partial charge in [0.25, 0.3) is 0 Å². The summed E-state index contributed by atoms with van der Waals surface area (Å²) in [6, 6.07) is 0. The van der Waals surface area contributed by atoms with E-state index in [-0.39, 0.29) is 12.3 Å². The maximum atomic E-state index is 11.9. The summed E-state index contributed by atoms with van der Waals surface area (Å²) < 4.78 is 0. The molecule has 164 valence electrons. The van der Waals surface area contributed by atoms with Gasteiger partial charge in [-0.1, -0.05) is 70.4 Å². The molecule has 29 heavy (non-hydrogen) atoms. The number of aromatic nitrogens is 1. The zero-order chi connectivity index (χ0) is 21.2. The van der Waals surface area contributed by atoms with E-state index in [2.05, 4.69) is 29.4 Å². The van der Waals surface area contributed by atoms with Crippen LogP contribution >= 0.6 is 11.3 Å². The van der Waals surface area contributed by atoms with Gasteiger partial charge in [-0.15, -0.1) is 11.3 Å². The zero-order valence-corrected chi connectivity index (χ0v) is 18.8. The second kappa shape index (κ2) is 17.2. The lowest BCUT2D eigenvalue weighted by Gasteiger charge is -2.01. The van der Waals surface area contributed by atoms with Gasteiger partial charge in [0.1, 0.15) is 0 Å². The molecule has 0 aliphatic heterocycles. The SMILES string of the molecule is CCCCCCCCCCC/C=C/CCCCC(=O)Nc1nc(CC(=O)O)cs1. The molecule has 1 aromatic rings. The maximum Gasteiger partial charge on any atom is 0.309 e. The average Bonchev–Trinajstić information content (AvgIpc) is 3.10. The van der Waals surface area contributed by atoms with Gasteiger partial charge in [0.05, 0.1) is 12.1 Å². The van der Waals surface area contributed by atoms with E-state index in [1.807, 2.05) is 0 Å². The average molecular weight is 423 g/mol. The molecular formula is C23H38N2O3S. The number of amides is 1. The van der Waals surface area contributed by atoms with Gasteiger partial charge >= 0.3 is 5.97 Å². The Labute approximate surface area is 180 Å². The summed E-state index contributed by atoms with van der Waals surface area (Å²) in [6.45, 7) is 2.26. The van der Waals surface area contributed by atoms with Crippen LogP contribution in [0.5, 0.6) is 0 Å². The number of carboxylic acid groups (broad SMARTS) is 1. The Morgan fingerprint density at radius 3 is 2.17 bits per heavy atom. The first-order valence-corrected chi connectivity index (χ1v) is 12.1. The first-order chi connectivity index (χ1) is 14.1. The fourth-order valence-corrected chi connectivity index (χ4v) is 3.87. The lowest BCUT2D eigenvalue weighted by atomic mass is 10.1. The van der Waals surface area contributed by atoms with E-state index in [4.69, 9.17) is 5.11 Å². The summed E-state index contributed by atoms with van der Waals surface area (Å²) in [4.78, 5) is 26.6. The molecule has 6 heteroatoms. The van der Waals surface area contributed by atoms with Crippen molar-refractivity contribution < 1.29 is 14.7 Å². The van der Waals surface area contributed by atoms with Gasteiger partial charge in [0.15, 0.2) is 5.13 Å². The second-order valence-electron chi connectivity index (χ2n) is 7.60. The van der Waals surface area contributed by atoms with Crippen molar-refractivity contribution in [2.24, 2.45) is 0 Å². The molecule has 0 aliphatic rings. The number of rotatable bonds is 18. The number of aliphatic carboxylic acids is 1. The van der Waals surface area contributed by atoms with Crippen LogP contribution in [0.25, 0.3) is 0 Å². The summed E-state index contributed by atoms with van der Waals surface area (Å²) >= 11 is 1.27. The van der Waals surface area contributed by atoms with E-state index in [1.54, 1.807) is 5.38 Å². The molecule has 0 radical (unpaired) electrons. The normalized spacial score (nSPS) is 11.2. The van der Waals surface area contributed by atoms with E-state index in [1.165, 1.54) is 75.5 Å². The van der Waals surface area contributed by atoms with Crippen molar-refractivity contribution in [3.63, 3.8) is 0 Å². The Kier molecular flexibility index (Phi) is 15.0. The van der Waals surface area contributed by atoms with Crippen LogP contribution < -0.4 is 5.32 Å². The van der Waals surface area contributed by atoms with Gasteiger partial charge in [-0.2, -0.15) is 0 Å². The Balaban J connectivity index is 1.92. The van der Waals surface area contributed by atoms with Crippen LogP contribution in [0.2, 0.25) is 0 Å². The summed E-state index contributed by atoms with van der Waals surface area (Å²) in [5, 5.41) is 13.6. The van der Waals surface area contributed by atoms with E-state index >= 15 is 0 Å². The summed E-state index contributed by atoms with van der Waals surface area (Å²) in [6.07, 6.45) is 21.2. The Morgan fingerprint density at radius 1 is 0.966 bits per heavy atom. The van der Waals surface area contributed by atoms with Crippen LogP contribution in [0.3, 0.4) is 0 Å². The molecule has 0 aromatic carbocycles. The highest BCUT2D eigenvalue weighted by molar-refractivity contribution is 7.13. The Morgan fingerprint density at radius 2 is 1.55 bits per heavy atom. The molecule has 1 rings (SSSR count). The van der Waals surface area contributed by atoms with Crippen LogP contribution in [-0.4, -0.2) is 22.0 Å². The minimum absolute atomic E-state index is 0.0556. The van der Waals surface area contributed by atoms with Crippen molar-refractivity contribution in [3.05, 3.63) is 23.2 Å². The summed E-state index contributed by atoms with van der Waals surface area (Å²) in [5.41, 5.74) is 0.481. The third-order valence-corrected chi connectivity index (χ3v) is 5.60. The number of unbranched alkanes of at least 4 members (excludes halogenated alkanes) is 11. The van der Waals surface area contributed by atoms with Crippen molar-refractivity contribution >= 4 is 28.3 Å². The highest BCUT2D eigenvalue weighted by Gasteiger charge is 2.08. The molecule has 5 nitrogen and oxygen atoms in total. The van der Waals surface area contributed by atoms with Crippen molar-refractivity contribution in [1.29, 1.82) is 0 Å². The third kappa shape index (κ3) is 14.9. The number of allylic oxidation sites excluding steroid dienone is 2. The maximum absolute atomic E-state index is 11.9. The second-order valence-corrected chi connectivity index (χ2v) is 8.46. The van der Waals surface area contributed by atoms with Gasteiger partial charge in [0, 0.05) is 11.8 Å². The lowest BCUT2D eigenvalue weighted by Crippen LogP contribution is -2.11. The summed E-state index contributed by atoms with van der Waals surface area (Å²) in [5.74, 6) is -0.973. The largest absolute Gasteiger partial charge is 0.481 e. The monoisotopic (exact) mass is 422 g/mol. The quantitative estimate of drug-likeness (QED) is 0.203. The standard InChI is InChI=1S/C23H38N2O3S/c1-2-3-4-5-6-7-8-9-10-11-12-13-14-15-16-17-21(26)25-23-24-20(19-29-23)18-22(27)28/h12-13,19H,2-11,14-18H2,1H3,(H,27,28)(H,24,25,26)/b13-12+. The van der Waals surface area contributed by atoms with Crippen molar-refractivity contribution in [3.8, 4) is 0 Å². The minimum Gasteiger partial charge on any atom is -0.481 e. The topological polar surface area (TPSA) is 79.3 Å². The van der Waals surface area contributed by atoms with Crippen LogP contribution in [-0.2, 0) is 16.0 Å². The molecule has 0 saturated heterocycles. The van der Waals surface area contributed by atoms with Crippen LogP contribution in [0.1, 0.15) is 103 Å². The van der Waals surface area contributed by atoms with Crippen LogP contribution in [0, 0.1) is 0 Å². The van der Waals surface area contributed by atoms with E-state index < -0.39 is 5.97 Å². The third-order valence-electron chi connectivity index (χ3n) is 4.80. The number of thiazole rings is 1. The van der Waals surface area contributed by atoms with Gasteiger partial charge < -0.3 is 10.4 Å². The van der Waals surface area contributed by atoms with Crippen molar-refractivity contribution in [2.75, 3.05) is 5.32 Å². The first-order valence-electron chi connectivity index (χ1n) is 11.2. The number of carbonyl (C=O) groups is 2. The molecular weight excluding hydrogens is 384 g/mol. The summed E-state index contributed by atoms with van der Waals surface area (Å²) in [7, 11) is 0. The van der Waals surface area contributed by atoms with Crippen molar-refractivity contribution in [2.45, 2.75) is 103 Å². The highest BCUT2D eigenvalue weighted by Crippen LogP contribution is 2.16. The van der Waals surface area contributed by atoms with Gasteiger partial charge in [-0.25, -0.2) is 4.98 Å². The Bertz CT molecular complexity index is 599. The van der Waals surface area contributed by atoms with E-state index in [0.717, 1.165) is 19.3 Å². The molecule has 0 fully saturated rings. The fourth-order valence-electron chi connectivity index (χ4n) is 3.14. The fraction of sp³-hybridized carbons (Fsp3) is 0.696. The molecule has 0 spiro atoms. The van der Waals surface area contributed by atoms with Gasteiger partial charge in [0.2, 0.25) is 5.91 Å². The van der Waals surface area contributed by atoms with Crippen LogP contribution in [0.15, 0.2) is 17.5 Å². The number of carboxylic acids is 1. The molecule has 0 unspecified atom stereocenters. The molecule has 0 bridgehead atoms. The van der Waals surface area contributed by atoms with E-state index in [0.29, 0.717) is 17.2 Å². The Hall–Kier alpha value is -1.69. The zero-order valence-electron chi connectivity index (χ0n) is 18.0. The number of nitrogens with zero attached hydrogens (tertiary/aromatic N) is 1. The number of carbonyl (C=O) groups excluding carboxylic acids is 1. The lowest BCUT2D eigenvalue weighted by molar-refractivity contribution is -0.136. The van der Waals surface area contributed by atoms with Crippen molar-refractivity contribution in [1.82, 2.24) is 4.98 Å². The predicted octanol–water partition coefficient (Wildman–Crippen LogP) is 6.75. The molecule has 0 saturated carbocycles. The number of nitrogens with one attached hydrogen (secondary N) is 1. The first kappa shape index (κ1) is 25.3. The van der Waals surface area contributed by atoms with Crippen LogP contribution in [0.4, 0.5) is 5.13 Å². The number of anilines is 1. The molecule has 1 aromatic heterocycles. The molecule has 0 aliphatic carbocycles. The van der Waals surface area contributed by atoms with Gasteiger partial charge in [-0.3, -0.25) is 9.59 Å². The smallest absolute Gasteiger partial charge is 0.309 e. The molecule has 0 atom stereocenters. The van der Waals surface area contributed by atoms with E-state index in [9.17, 15) is 9.59 Å². The number of hydrogen-bond donors (Lipinski definition) is 2. The molecule has 1 heterocycles. The molecule has 1 amide bonds.